The van der Waals surface area contributed by atoms with Gasteiger partial charge in [-0.25, -0.2) is 13.2 Å². The molecule has 1 aliphatic heterocycles. The van der Waals surface area contributed by atoms with Crippen molar-refractivity contribution in [2.75, 3.05) is 20.2 Å². The Balaban J connectivity index is 0.00000208. The summed E-state index contributed by atoms with van der Waals surface area (Å²) in [5, 5.41) is 0. The maximum Gasteiger partial charge on any atom is 0.337 e. The maximum absolute atomic E-state index is 13.0. The molecule has 3 rings (SSSR count). The van der Waals surface area contributed by atoms with Gasteiger partial charge >= 0.3 is 5.97 Å². The highest BCUT2D eigenvalue weighted by atomic mass is 35.5. The van der Waals surface area contributed by atoms with Gasteiger partial charge in [0, 0.05) is 19.1 Å². The van der Waals surface area contributed by atoms with E-state index in [0.29, 0.717) is 24.6 Å². The number of hydrogen-bond donors (Lipinski definition) is 1. The standard InChI is InChI=1S/C16H22N2O4S.ClH/c1-10-3-4-11(16(19)22-2)7-15(10)23(20,21)18-8-12-5-6-14(17)13(12)9-18;/h3-4,7,12-14H,5-6,8-9,17H2,1-2H3;1H. The lowest BCUT2D eigenvalue weighted by Gasteiger charge is -2.20. The second kappa shape index (κ2) is 7.00. The number of nitrogens with zero attached hydrogens (tertiary/aromatic N) is 1. The predicted molar refractivity (Wildman–Crippen MR) is 92.7 cm³/mol. The molecular weight excluding hydrogens is 352 g/mol. The first-order valence-electron chi connectivity index (χ1n) is 7.79. The fourth-order valence-electron chi connectivity index (χ4n) is 3.72. The Bertz CT molecular complexity index is 738. The van der Waals surface area contributed by atoms with Gasteiger partial charge in [0.15, 0.2) is 0 Å². The number of carbonyl (C=O) groups is 1. The molecule has 8 heteroatoms. The van der Waals surface area contributed by atoms with Gasteiger partial charge in [-0.2, -0.15) is 4.31 Å². The zero-order valence-corrected chi connectivity index (χ0v) is 15.4. The van der Waals surface area contributed by atoms with Crippen LogP contribution in [0.1, 0.15) is 28.8 Å². The Morgan fingerprint density at radius 1 is 1.29 bits per heavy atom. The van der Waals surface area contributed by atoms with Gasteiger partial charge in [0.25, 0.3) is 0 Å². The third kappa shape index (κ3) is 3.18. The summed E-state index contributed by atoms with van der Waals surface area (Å²) in [6.07, 6.45) is 1.96. The molecule has 1 saturated heterocycles. The van der Waals surface area contributed by atoms with Gasteiger partial charge in [-0.3, -0.25) is 0 Å². The summed E-state index contributed by atoms with van der Waals surface area (Å²) in [5.41, 5.74) is 6.96. The highest BCUT2D eigenvalue weighted by Crippen LogP contribution is 2.39. The summed E-state index contributed by atoms with van der Waals surface area (Å²) in [4.78, 5) is 11.9. The summed E-state index contributed by atoms with van der Waals surface area (Å²) < 4.78 is 32.2. The lowest BCUT2D eigenvalue weighted by Crippen LogP contribution is -2.33. The summed E-state index contributed by atoms with van der Waals surface area (Å²) in [5.74, 6) is 0.0551. The first kappa shape index (κ1) is 19.2. The van der Waals surface area contributed by atoms with Crippen LogP contribution >= 0.6 is 12.4 Å². The van der Waals surface area contributed by atoms with Gasteiger partial charge in [0.1, 0.15) is 0 Å². The van der Waals surface area contributed by atoms with Gasteiger partial charge in [-0.05, 0) is 49.3 Å². The molecule has 1 aliphatic carbocycles. The van der Waals surface area contributed by atoms with E-state index < -0.39 is 16.0 Å². The van der Waals surface area contributed by atoms with E-state index in [2.05, 4.69) is 4.74 Å². The summed E-state index contributed by atoms with van der Waals surface area (Å²) in [6.45, 7) is 2.72. The van der Waals surface area contributed by atoms with Gasteiger partial charge in [0.2, 0.25) is 10.0 Å². The highest BCUT2D eigenvalue weighted by molar-refractivity contribution is 7.89. The number of sulfonamides is 1. The highest BCUT2D eigenvalue weighted by Gasteiger charge is 2.45. The second-order valence-corrected chi connectivity index (χ2v) is 8.37. The number of fused-ring (bicyclic) bond motifs is 1. The minimum atomic E-state index is -3.63. The Labute approximate surface area is 148 Å². The lowest BCUT2D eigenvalue weighted by molar-refractivity contribution is 0.0600. The average molecular weight is 375 g/mol. The van der Waals surface area contributed by atoms with Crippen molar-refractivity contribution in [1.82, 2.24) is 4.31 Å². The first-order valence-corrected chi connectivity index (χ1v) is 9.23. The molecule has 0 spiro atoms. The number of benzene rings is 1. The lowest BCUT2D eigenvalue weighted by atomic mass is 9.98. The van der Waals surface area contributed by atoms with Gasteiger partial charge in [-0.1, -0.05) is 6.07 Å². The van der Waals surface area contributed by atoms with Crippen molar-refractivity contribution >= 4 is 28.4 Å². The molecule has 0 aromatic heterocycles. The van der Waals surface area contributed by atoms with Crippen LogP contribution in [0.4, 0.5) is 0 Å². The Kier molecular flexibility index (Phi) is 5.59. The SMILES string of the molecule is COC(=O)c1ccc(C)c(S(=O)(=O)N2CC3CCC(N)C3C2)c1.Cl. The van der Waals surface area contributed by atoms with Crippen LogP contribution < -0.4 is 5.73 Å². The molecule has 3 unspecified atom stereocenters. The summed E-state index contributed by atoms with van der Waals surface area (Å²) in [7, 11) is -2.35. The predicted octanol–water partition coefficient (Wildman–Crippen LogP) is 1.56. The van der Waals surface area contributed by atoms with Gasteiger partial charge in [-0.15, -0.1) is 12.4 Å². The molecule has 2 aliphatic rings. The number of rotatable bonds is 3. The van der Waals surface area contributed by atoms with Crippen molar-refractivity contribution in [1.29, 1.82) is 0 Å². The zero-order chi connectivity index (χ0) is 16.8. The normalized spacial score (nSPS) is 26.7. The molecule has 3 atom stereocenters. The van der Waals surface area contributed by atoms with Crippen LogP contribution in [0, 0.1) is 18.8 Å². The molecule has 0 bridgehead atoms. The number of ether oxygens (including phenoxy) is 1. The quantitative estimate of drug-likeness (QED) is 0.811. The minimum absolute atomic E-state index is 0. The van der Waals surface area contributed by atoms with Crippen LogP contribution in [-0.2, 0) is 14.8 Å². The van der Waals surface area contributed by atoms with Crippen molar-refractivity contribution in [2.24, 2.45) is 17.6 Å². The number of carbonyl (C=O) groups excluding carboxylic acids is 1. The molecule has 0 amide bonds. The van der Waals surface area contributed by atoms with Gasteiger partial charge in [0.05, 0.1) is 17.6 Å². The van der Waals surface area contributed by atoms with Crippen LogP contribution in [0.2, 0.25) is 0 Å². The molecule has 6 nitrogen and oxygen atoms in total. The van der Waals surface area contributed by atoms with E-state index in [1.807, 2.05) is 0 Å². The van der Waals surface area contributed by atoms with E-state index in [0.717, 1.165) is 12.8 Å². The fraction of sp³-hybridized carbons (Fsp3) is 0.562. The van der Waals surface area contributed by atoms with E-state index in [1.54, 1.807) is 19.1 Å². The van der Waals surface area contributed by atoms with E-state index in [9.17, 15) is 13.2 Å². The Morgan fingerprint density at radius 3 is 2.62 bits per heavy atom. The molecular formula is C16H23ClN2O4S. The van der Waals surface area contributed by atoms with Crippen molar-refractivity contribution in [3.63, 3.8) is 0 Å². The summed E-state index contributed by atoms with van der Waals surface area (Å²) in [6, 6.07) is 4.71. The minimum Gasteiger partial charge on any atom is -0.465 e. The molecule has 1 saturated carbocycles. The van der Waals surface area contributed by atoms with Crippen molar-refractivity contribution < 1.29 is 17.9 Å². The molecule has 1 aromatic rings. The van der Waals surface area contributed by atoms with E-state index >= 15 is 0 Å². The molecule has 1 heterocycles. The van der Waals surface area contributed by atoms with Crippen LogP contribution in [0.25, 0.3) is 0 Å². The van der Waals surface area contributed by atoms with Crippen LogP contribution in [0.5, 0.6) is 0 Å². The van der Waals surface area contributed by atoms with Crippen LogP contribution in [0.3, 0.4) is 0 Å². The second-order valence-electron chi connectivity index (χ2n) is 6.46. The molecule has 134 valence electrons. The zero-order valence-electron chi connectivity index (χ0n) is 13.8. The number of hydrogen-bond acceptors (Lipinski definition) is 5. The number of methoxy groups -OCH3 is 1. The molecule has 1 aromatic carbocycles. The van der Waals surface area contributed by atoms with Crippen LogP contribution in [-0.4, -0.2) is 44.9 Å². The third-order valence-corrected chi connectivity index (χ3v) is 7.08. The third-order valence-electron chi connectivity index (χ3n) is 5.11. The summed E-state index contributed by atoms with van der Waals surface area (Å²) >= 11 is 0. The van der Waals surface area contributed by atoms with Crippen molar-refractivity contribution in [2.45, 2.75) is 30.7 Å². The first-order chi connectivity index (χ1) is 10.8. The topological polar surface area (TPSA) is 89.7 Å². The van der Waals surface area contributed by atoms with E-state index in [1.165, 1.54) is 17.5 Å². The monoisotopic (exact) mass is 374 g/mol. The largest absolute Gasteiger partial charge is 0.465 e. The molecule has 24 heavy (non-hydrogen) atoms. The van der Waals surface area contributed by atoms with Crippen molar-refractivity contribution in [3.05, 3.63) is 29.3 Å². The Hall–Kier alpha value is -1.15. The van der Waals surface area contributed by atoms with E-state index in [-0.39, 0.29) is 34.8 Å². The van der Waals surface area contributed by atoms with E-state index in [4.69, 9.17) is 5.73 Å². The number of halogens is 1. The smallest absolute Gasteiger partial charge is 0.337 e. The number of nitrogens with two attached hydrogens (primary N) is 1. The van der Waals surface area contributed by atoms with Crippen molar-refractivity contribution in [3.8, 4) is 0 Å². The van der Waals surface area contributed by atoms with Crippen LogP contribution in [0.15, 0.2) is 23.1 Å². The molecule has 0 radical (unpaired) electrons. The Morgan fingerprint density at radius 2 is 2.00 bits per heavy atom. The molecule has 2 N–H and O–H groups in total. The number of esters is 1. The van der Waals surface area contributed by atoms with Gasteiger partial charge < -0.3 is 10.5 Å². The molecule has 2 fully saturated rings. The fourth-order valence-corrected chi connectivity index (χ4v) is 5.51. The average Bonchev–Trinajstić information content (AvgIpc) is 3.10. The maximum atomic E-state index is 13.0. The number of aryl methyl sites for hydroxylation is 1.